The second-order valence-electron chi connectivity index (χ2n) is 5.59. The average molecular weight is 430 g/mol. The zero-order valence-corrected chi connectivity index (χ0v) is 16.8. The van der Waals surface area contributed by atoms with E-state index in [0.29, 0.717) is 11.3 Å². The Morgan fingerprint density at radius 2 is 1.85 bits per heavy atom. The van der Waals surface area contributed by atoms with Gasteiger partial charge in [0.05, 0.1) is 27.7 Å². The monoisotopic (exact) mass is 429 g/mol. The second kappa shape index (κ2) is 8.60. The number of sulfonamides is 1. The normalized spacial score (nSPS) is 11.9. The van der Waals surface area contributed by atoms with Gasteiger partial charge in [-0.25, -0.2) is 13.8 Å². The number of para-hydroxylation sites is 1. The molecule has 0 saturated heterocycles. The van der Waals surface area contributed by atoms with E-state index < -0.39 is 22.5 Å². The van der Waals surface area contributed by atoms with Gasteiger partial charge >= 0.3 is 0 Å². The predicted molar refractivity (Wildman–Crippen MR) is 107 cm³/mol. The minimum atomic E-state index is -3.81. The van der Waals surface area contributed by atoms with Gasteiger partial charge in [-0.05, 0) is 31.2 Å². The molecule has 0 unspecified atom stereocenters. The van der Waals surface area contributed by atoms with E-state index in [-0.39, 0.29) is 21.5 Å². The van der Waals surface area contributed by atoms with Crippen LogP contribution in [0.1, 0.15) is 12.5 Å². The Bertz CT molecular complexity index is 993. The molecule has 2 N–H and O–H groups in total. The summed E-state index contributed by atoms with van der Waals surface area (Å²) in [5.74, 6) is -0.678. The van der Waals surface area contributed by atoms with Crippen molar-refractivity contribution < 1.29 is 18.3 Å². The number of hydrogen-bond acceptors (Lipinski definition) is 5. The lowest BCUT2D eigenvalue weighted by Crippen LogP contribution is -2.39. The summed E-state index contributed by atoms with van der Waals surface area (Å²) in [6.07, 6.45) is 0.952. The van der Waals surface area contributed by atoms with Crippen molar-refractivity contribution in [3.8, 4) is 5.75 Å². The summed E-state index contributed by atoms with van der Waals surface area (Å²) in [5, 5.41) is 13.9. The van der Waals surface area contributed by atoms with Crippen LogP contribution in [0.15, 0.2) is 47.6 Å². The third-order valence-electron chi connectivity index (χ3n) is 3.53. The van der Waals surface area contributed by atoms with Crippen molar-refractivity contribution in [3.63, 3.8) is 0 Å². The smallest absolute Gasteiger partial charge is 0.260 e. The molecule has 0 radical (unpaired) electrons. The average Bonchev–Trinajstić information content (AvgIpc) is 2.60. The van der Waals surface area contributed by atoms with E-state index in [1.54, 1.807) is 25.1 Å². The van der Waals surface area contributed by atoms with Crippen molar-refractivity contribution in [2.75, 3.05) is 17.1 Å². The minimum Gasteiger partial charge on any atom is -0.507 e. The Morgan fingerprint density at radius 3 is 2.48 bits per heavy atom. The van der Waals surface area contributed by atoms with Gasteiger partial charge in [0, 0.05) is 5.56 Å². The topological polar surface area (TPSA) is 99.1 Å². The van der Waals surface area contributed by atoms with Crippen LogP contribution in [0, 0.1) is 0 Å². The largest absolute Gasteiger partial charge is 0.507 e. The highest BCUT2D eigenvalue weighted by Gasteiger charge is 2.23. The highest BCUT2D eigenvalue weighted by atomic mass is 35.5. The molecule has 7 nitrogen and oxygen atoms in total. The highest BCUT2D eigenvalue weighted by Crippen LogP contribution is 2.33. The summed E-state index contributed by atoms with van der Waals surface area (Å²) in [5.41, 5.74) is 3.15. The molecular weight excluding hydrogens is 413 g/mol. The summed E-state index contributed by atoms with van der Waals surface area (Å²) >= 11 is 12.0. The van der Waals surface area contributed by atoms with Gasteiger partial charge in [-0.3, -0.25) is 9.10 Å². The first kappa shape index (κ1) is 21.0. The van der Waals surface area contributed by atoms with Crippen molar-refractivity contribution in [2.24, 2.45) is 5.10 Å². The Balaban J connectivity index is 2.21. The van der Waals surface area contributed by atoms with Crippen LogP contribution in [-0.4, -0.2) is 37.9 Å². The number of carbonyl (C=O) groups excluding carboxylic acids is 1. The number of amides is 1. The maximum Gasteiger partial charge on any atom is 0.260 e. The number of phenolic OH excluding ortho intramolecular Hbond substituents is 1. The van der Waals surface area contributed by atoms with Gasteiger partial charge in [-0.15, -0.1) is 0 Å². The third-order valence-corrected chi connectivity index (χ3v) is 5.46. The van der Waals surface area contributed by atoms with Gasteiger partial charge in [-0.1, -0.05) is 41.4 Å². The molecule has 0 spiro atoms. The third kappa shape index (κ3) is 5.35. The van der Waals surface area contributed by atoms with E-state index in [1.807, 2.05) is 0 Å². The van der Waals surface area contributed by atoms with E-state index in [0.717, 1.165) is 10.6 Å². The molecule has 0 aliphatic heterocycles. The summed E-state index contributed by atoms with van der Waals surface area (Å²) in [6.45, 7) is 1.05. The van der Waals surface area contributed by atoms with Crippen LogP contribution in [-0.2, 0) is 14.8 Å². The lowest BCUT2D eigenvalue weighted by Gasteiger charge is -2.22. The molecule has 0 heterocycles. The van der Waals surface area contributed by atoms with E-state index in [4.69, 9.17) is 23.2 Å². The first-order chi connectivity index (χ1) is 12.6. The molecule has 0 fully saturated rings. The van der Waals surface area contributed by atoms with Crippen LogP contribution in [0.5, 0.6) is 5.75 Å². The molecular formula is C17H17Cl2N3O4S. The molecule has 0 aliphatic rings. The number of carbonyl (C=O) groups is 1. The number of hydrogen-bond donors (Lipinski definition) is 2. The first-order valence-corrected chi connectivity index (χ1v) is 10.2. The highest BCUT2D eigenvalue weighted by molar-refractivity contribution is 7.92. The maximum atomic E-state index is 12.2. The fourth-order valence-electron chi connectivity index (χ4n) is 2.22. The van der Waals surface area contributed by atoms with Crippen molar-refractivity contribution >= 4 is 50.5 Å². The fraction of sp³-hybridized carbons (Fsp3) is 0.176. The molecule has 0 aliphatic carbocycles. The van der Waals surface area contributed by atoms with Crippen molar-refractivity contribution in [1.82, 2.24) is 5.43 Å². The van der Waals surface area contributed by atoms with Gasteiger partial charge in [0.25, 0.3) is 5.91 Å². The molecule has 2 rings (SSSR count). The molecule has 2 aromatic rings. The molecule has 0 aromatic heterocycles. The van der Waals surface area contributed by atoms with Crippen molar-refractivity contribution in [2.45, 2.75) is 6.92 Å². The summed E-state index contributed by atoms with van der Waals surface area (Å²) < 4.78 is 25.1. The van der Waals surface area contributed by atoms with Gasteiger partial charge in [-0.2, -0.15) is 5.10 Å². The molecule has 10 heteroatoms. The number of halogens is 2. The fourth-order valence-corrected chi connectivity index (χ4v) is 3.53. The molecule has 2 aromatic carbocycles. The van der Waals surface area contributed by atoms with Crippen LogP contribution in [0.25, 0.3) is 0 Å². The van der Waals surface area contributed by atoms with Crippen molar-refractivity contribution in [3.05, 3.63) is 58.1 Å². The zero-order valence-electron chi connectivity index (χ0n) is 14.5. The number of benzene rings is 2. The number of rotatable bonds is 6. The predicted octanol–water partition coefficient (Wildman–Crippen LogP) is 3.01. The van der Waals surface area contributed by atoms with E-state index >= 15 is 0 Å². The second-order valence-corrected chi connectivity index (χ2v) is 8.28. The van der Waals surface area contributed by atoms with Gasteiger partial charge < -0.3 is 5.11 Å². The number of phenols is 1. The number of aromatic hydroxyl groups is 1. The standard InChI is InChI=1S/C17H17Cl2N3O4S/c1-11(12-6-3-4-9-15(12)23)20-21-16(24)10-22(27(2,25)26)14-8-5-7-13(18)17(14)19/h3-9,23H,10H2,1-2H3,(H,21,24)/b20-11-. The molecule has 144 valence electrons. The van der Waals surface area contributed by atoms with E-state index in [9.17, 15) is 18.3 Å². The Labute approximate surface area is 167 Å². The molecule has 0 saturated carbocycles. The first-order valence-electron chi connectivity index (χ1n) is 7.64. The number of hydrazone groups is 1. The van der Waals surface area contributed by atoms with E-state index in [1.165, 1.54) is 24.3 Å². The van der Waals surface area contributed by atoms with Gasteiger partial charge in [0.1, 0.15) is 12.3 Å². The van der Waals surface area contributed by atoms with Gasteiger partial charge in [0.15, 0.2) is 0 Å². The zero-order chi connectivity index (χ0) is 20.2. The molecule has 0 bridgehead atoms. The Hall–Kier alpha value is -2.29. The van der Waals surface area contributed by atoms with Crippen LogP contribution in [0.4, 0.5) is 5.69 Å². The number of anilines is 1. The van der Waals surface area contributed by atoms with E-state index in [2.05, 4.69) is 10.5 Å². The van der Waals surface area contributed by atoms with Crippen molar-refractivity contribution in [1.29, 1.82) is 0 Å². The summed E-state index contributed by atoms with van der Waals surface area (Å²) in [6, 6.07) is 11.0. The summed E-state index contributed by atoms with van der Waals surface area (Å²) in [4.78, 5) is 12.2. The summed E-state index contributed by atoms with van der Waals surface area (Å²) in [7, 11) is -3.81. The SMILES string of the molecule is C/C(=N/NC(=O)CN(c1cccc(Cl)c1Cl)S(C)(=O)=O)c1ccccc1O. The van der Waals surface area contributed by atoms with Gasteiger partial charge in [0.2, 0.25) is 10.0 Å². The molecule has 27 heavy (non-hydrogen) atoms. The quantitative estimate of drug-likeness (QED) is 0.544. The van der Waals surface area contributed by atoms with Crippen LogP contribution < -0.4 is 9.73 Å². The number of nitrogens with one attached hydrogen (secondary N) is 1. The van der Waals surface area contributed by atoms with Crippen LogP contribution >= 0.6 is 23.2 Å². The molecule has 1 amide bonds. The lowest BCUT2D eigenvalue weighted by molar-refractivity contribution is -0.119. The molecule has 0 atom stereocenters. The minimum absolute atomic E-state index is 0.0106. The number of nitrogens with zero attached hydrogens (tertiary/aromatic N) is 2. The Morgan fingerprint density at radius 1 is 1.19 bits per heavy atom. The lowest BCUT2D eigenvalue weighted by atomic mass is 10.1. The Kier molecular flexibility index (Phi) is 6.69. The van der Waals surface area contributed by atoms with Crippen LogP contribution in [0.2, 0.25) is 10.0 Å². The maximum absolute atomic E-state index is 12.2. The van der Waals surface area contributed by atoms with Crippen LogP contribution in [0.3, 0.4) is 0 Å².